The van der Waals surface area contributed by atoms with E-state index in [0.717, 1.165) is 33.6 Å². The number of ether oxygens (including phenoxy) is 2. The van der Waals surface area contributed by atoms with Gasteiger partial charge in [0.2, 0.25) is 0 Å². The highest BCUT2D eigenvalue weighted by Gasteiger charge is 2.17. The molecule has 2 N–H and O–H groups in total. The van der Waals surface area contributed by atoms with Gasteiger partial charge in [-0.15, -0.1) is 0 Å². The Bertz CT molecular complexity index is 625. The topological polar surface area (TPSA) is 62.3 Å². The number of aromatic nitrogens is 2. The number of rotatable bonds is 1. The quantitative estimate of drug-likeness (QED) is 0.876. The number of hydrogen-bond donors (Lipinski definition) is 1. The molecule has 0 saturated heterocycles. The zero-order chi connectivity index (χ0) is 13.4. The molecule has 19 heavy (non-hydrogen) atoms. The molecule has 0 atom stereocenters. The number of nitrogens with two attached hydrogens (primary N) is 1. The molecule has 0 aliphatic carbocycles. The summed E-state index contributed by atoms with van der Waals surface area (Å²) in [7, 11) is 1.86. The number of aryl methyl sites for hydroxylation is 1. The van der Waals surface area contributed by atoms with Gasteiger partial charge in [-0.1, -0.05) is 0 Å². The molecule has 5 nitrogen and oxygen atoms in total. The van der Waals surface area contributed by atoms with Gasteiger partial charge in [-0.25, -0.2) is 0 Å². The van der Waals surface area contributed by atoms with Crippen molar-refractivity contribution >= 4 is 21.7 Å². The average Bonchev–Trinajstić information content (AvgIpc) is 2.59. The first-order valence-electron chi connectivity index (χ1n) is 6.05. The lowest BCUT2D eigenvalue weighted by Crippen LogP contribution is -1.97. The molecule has 0 spiro atoms. The molecular weight excluding hydrogens is 310 g/mol. The number of halogens is 1. The van der Waals surface area contributed by atoms with E-state index in [1.807, 2.05) is 25.2 Å². The Hall–Kier alpha value is -1.69. The molecule has 1 aliphatic rings. The Kier molecular flexibility index (Phi) is 3.10. The summed E-state index contributed by atoms with van der Waals surface area (Å²) in [5.74, 6) is 2.03. The molecule has 0 saturated carbocycles. The molecule has 1 aromatic heterocycles. The van der Waals surface area contributed by atoms with E-state index in [0.29, 0.717) is 19.0 Å². The minimum Gasteiger partial charge on any atom is -0.490 e. The molecule has 1 aromatic carbocycles. The van der Waals surface area contributed by atoms with Crippen molar-refractivity contribution in [3.05, 3.63) is 22.7 Å². The monoisotopic (exact) mass is 323 g/mol. The molecule has 2 heterocycles. The molecule has 0 fully saturated rings. The molecule has 0 amide bonds. The lowest BCUT2D eigenvalue weighted by atomic mass is 10.1. The summed E-state index contributed by atoms with van der Waals surface area (Å²) in [5, 5.41) is 4.19. The van der Waals surface area contributed by atoms with Gasteiger partial charge < -0.3 is 15.2 Å². The number of hydrogen-bond acceptors (Lipinski definition) is 4. The summed E-state index contributed by atoms with van der Waals surface area (Å²) in [5.41, 5.74) is 7.72. The second kappa shape index (κ2) is 4.77. The fourth-order valence-corrected chi connectivity index (χ4v) is 2.71. The number of nitrogen functional groups attached to an aromatic ring is 1. The van der Waals surface area contributed by atoms with E-state index in [1.54, 1.807) is 4.68 Å². The van der Waals surface area contributed by atoms with E-state index in [1.165, 1.54) is 0 Å². The minimum atomic E-state index is 0.476. The SMILES string of the molecule is Cn1nc(N)c(Br)c1-c1ccc2c(c1)OCCCO2. The molecule has 6 heteroatoms. The van der Waals surface area contributed by atoms with Crippen LogP contribution in [-0.4, -0.2) is 23.0 Å². The molecule has 0 bridgehead atoms. The van der Waals surface area contributed by atoms with Crippen LogP contribution in [0.5, 0.6) is 11.5 Å². The minimum absolute atomic E-state index is 0.476. The van der Waals surface area contributed by atoms with Crippen LogP contribution in [0, 0.1) is 0 Å². The Labute approximate surface area is 119 Å². The molecule has 0 unspecified atom stereocenters. The first-order valence-corrected chi connectivity index (χ1v) is 6.84. The van der Waals surface area contributed by atoms with Crippen molar-refractivity contribution in [1.82, 2.24) is 9.78 Å². The van der Waals surface area contributed by atoms with Crippen LogP contribution < -0.4 is 15.2 Å². The Morgan fingerprint density at radius 3 is 2.68 bits per heavy atom. The first-order chi connectivity index (χ1) is 9.16. The van der Waals surface area contributed by atoms with Crippen LogP contribution in [0.25, 0.3) is 11.3 Å². The van der Waals surface area contributed by atoms with E-state index >= 15 is 0 Å². The van der Waals surface area contributed by atoms with Crippen LogP contribution in [0.1, 0.15) is 6.42 Å². The molecule has 3 rings (SSSR count). The van der Waals surface area contributed by atoms with E-state index in [-0.39, 0.29) is 0 Å². The second-order valence-corrected chi connectivity index (χ2v) is 5.18. The van der Waals surface area contributed by atoms with Gasteiger partial charge in [0.25, 0.3) is 0 Å². The van der Waals surface area contributed by atoms with Crippen molar-refractivity contribution < 1.29 is 9.47 Å². The summed E-state index contributed by atoms with van der Waals surface area (Å²) in [6.07, 6.45) is 0.895. The summed E-state index contributed by atoms with van der Waals surface area (Å²) in [6.45, 7) is 1.36. The normalized spacial score (nSPS) is 14.2. The summed E-state index contributed by atoms with van der Waals surface area (Å²) in [6, 6.07) is 5.86. The van der Waals surface area contributed by atoms with Gasteiger partial charge in [-0.05, 0) is 34.1 Å². The molecular formula is C13H14BrN3O2. The van der Waals surface area contributed by atoms with E-state index in [9.17, 15) is 0 Å². The van der Waals surface area contributed by atoms with Crippen molar-refractivity contribution in [2.75, 3.05) is 18.9 Å². The number of anilines is 1. The molecule has 100 valence electrons. The van der Waals surface area contributed by atoms with Crippen LogP contribution in [0.4, 0.5) is 5.82 Å². The lowest BCUT2D eigenvalue weighted by Gasteiger charge is -2.10. The smallest absolute Gasteiger partial charge is 0.161 e. The van der Waals surface area contributed by atoms with Gasteiger partial charge in [0.05, 0.1) is 23.4 Å². The second-order valence-electron chi connectivity index (χ2n) is 4.38. The van der Waals surface area contributed by atoms with Crippen LogP contribution in [-0.2, 0) is 7.05 Å². The van der Waals surface area contributed by atoms with Crippen LogP contribution in [0.3, 0.4) is 0 Å². The first kappa shape index (κ1) is 12.3. The maximum atomic E-state index is 5.81. The Morgan fingerprint density at radius 1 is 1.26 bits per heavy atom. The van der Waals surface area contributed by atoms with Gasteiger partial charge in [-0.3, -0.25) is 4.68 Å². The van der Waals surface area contributed by atoms with Crippen molar-refractivity contribution in [2.45, 2.75) is 6.42 Å². The van der Waals surface area contributed by atoms with Crippen molar-refractivity contribution in [2.24, 2.45) is 7.05 Å². The molecule has 0 radical (unpaired) electrons. The number of fused-ring (bicyclic) bond motifs is 1. The zero-order valence-corrected chi connectivity index (χ0v) is 12.1. The largest absolute Gasteiger partial charge is 0.490 e. The predicted molar refractivity (Wildman–Crippen MR) is 76.4 cm³/mol. The van der Waals surface area contributed by atoms with Gasteiger partial charge in [0.1, 0.15) is 0 Å². The van der Waals surface area contributed by atoms with E-state index < -0.39 is 0 Å². The standard InChI is InChI=1S/C13H14BrN3O2/c1-17-12(11(14)13(15)16-17)8-3-4-9-10(7-8)19-6-2-5-18-9/h3-4,7H,2,5-6H2,1H3,(H2,15,16). The maximum Gasteiger partial charge on any atom is 0.161 e. The highest BCUT2D eigenvalue weighted by Crippen LogP contribution is 2.38. The fraction of sp³-hybridized carbons (Fsp3) is 0.308. The van der Waals surface area contributed by atoms with Gasteiger partial charge >= 0.3 is 0 Å². The third-order valence-electron chi connectivity index (χ3n) is 3.04. The van der Waals surface area contributed by atoms with Crippen LogP contribution >= 0.6 is 15.9 Å². The highest BCUT2D eigenvalue weighted by atomic mass is 79.9. The average molecular weight is 324 g/mol. The third-order valence-corrected chi connectivity index (χ3v) is 3.82. The van der Waals surface area contributed by atoms with Crippen molar-refractivity contribution in [3.63, 3.8) is 0 Å². The predicted octanol–water partition coefficient (Wildman–Crippen LogP) is 2.59. The highest BCUT2D eigenvalue weighted by molar-refractivity contribution is 9.10. The van der Waals surface area contributed by atoms with E-state index in [2.05, 4.69) is 21.0 Å². The summed E-state index contributed by atoms with van der Waals surface area (Å²) in [4.78, 5) is 0. The molecule has 1 aliphatic heterocycles. The third kappa shape index (κ3) is 2.16. The zero-order valence-electron chi connectivity index (χ0n) is 10.5. The Morgan fingerprint density at radius 2 is 2.00 bits per heavy atom. The van der Waals surface area contributed by atoms with Gasteiger partial charge in [-0.2, -0.15) is 5.10 Å². The van der Waals surface area contributed by atoms with Gasteiger partial charge in [0.15, 0.2) is 17.3 Å². The lowest BCUT2D eigenvalue weighted by molar-refractivity contribution is 0.297. The van der Waals surface area contributed by atoms with E-state index in [4.69, 9.17) is 15.2 Å². The number of nitrogens with zero attached hydrogens (tertiary/aromatic N) is 2. The fourth-order valence-electron chi connectivity index (χ4n) is 2.14. The summed E-state index contributed by atoms with van der Waals surface area (Å²) >= 11 is 3.47. The van der Waals surface area contributed by atoms with Gasteiger partial charge in [0, 0.05) is 19.0 Å². The maximum absolute atomic E-state index is 5.81. The van der Waals surface area contributed by atoms with Crippen LogP contribution in [0.2, 0.25) is 0 Å². The van der Waals surface area contributed by atoms with Crippen LogP contribution in [0.15, 0.2) is 22.7 Å². The number of benzene rings is 1. The summed E-state index contributed by atoms with van der Waals surface area (Å²) < 4.78 is 13.9. The van der Waals surface area contributed by atoms with Crippen molar-refractivity contribution in [3.8, 4) is 22.8 Å². The molecule has 2 aromatic rings. The van der Waals surface area contributed by atoms with Crippen molar-refractivity contribution in [1.29, 1.82) is 0 Å². The Balaban J connectivity index is 2.09.